The predicted molar refractivity (Wildman–Crippen MR) is 96.0 cm³/mol. The first-order valence-electron chi connectivity index (χ1n) is 8.64. The minimum Gasteiger partial charge on any atom is -0.464 e. The predicted octanol–water partition coefficient (Wildman–Crippen LogP) is 2.13. The van der Waals surface area contributed by atoms with E-state index < -0.39 is 19.7 Å². The summed E-state index contributed by atoms with van der Waals surface area (Å²) in [6.07, 6.45) is -0.733. The van der Waals surface area contributed by atoms with Crippen LogP contribution in [0.5, 0.6) is 5.75 Å². The van der Waals surface area contributed by atoms with Crippen molar-refractivity contribution in [2.75, 3.05) is 45.5 Å². The van der Waals surface area contributed by atoms with Crippen LogP contribution in [-0.2, 0) is 18.6 Å². The zero-order chi connectivity index (χ0) is 18.1. The van der Waals surface area contributed by atoms with Crippen LogP contribution in [0.2, 0.25) is 0 Å². The van der Waals surface area contributed by atoms with Crippen molar-refractivity contribution in [1.82, 2.24) is 10.2 Å². The number of para-hydroxylation sites is 1. The van der Waals surface area contributed by atoms with Crippen LogP contribution in [0.25, 0.3) is 0 Å². The van der Waals surface area contributed by atoms with E-state index in [1.165, 1.54) is 6.92 Å². The molecule has 140 valence electrons. The summed E-state index contributed by atoms with van der Waals surface area (Å²) in [5.74, 6) is -0.0798. The van der Waals surface area contributed by atoms with Gasteiger partial charge in [-0.25, -0.2) is 9.36 Å². The Morgan fingerprint density at radius 2 is 1.96 bits per heavy atom. The van der Waals surface area contributed by atoms with E-state index in [0.717, 1.165) is 26.2 Å². The summed E-state index contributed by atoms with van der Waals surface area (Å²) in [7, 11) is -3.50. The van der Waals surface area contributed by atoms with Gasteiger partial charge in [-0.15, -0.1) is 0 Å². The largest absolute Gasteiger partial charge is 0.464 e. The maximum Gasteiger partial charge on any atom is 0.381 e. The average Bonchev–Trinajstić information content (AvgIpc) is 2.62. The fourth-order valence-electron chi connectivity index (χ4n) is 2.50. The first-order chi connectivity index (χ1) is 12.0. The molecule has 1 N–H and O–H groups in total. The molecule has 1 aromatic carbocycles. The molecule has 1 aliphatic heterocycles. The van der Waals surface area contributed by atoms with Crippen LogP contribution in [0.15, 0.2) is 30.3 Å². The molecule has 1 aromatic rings. The number of rotatable bonds is 9. The normalized spacial score (nSPS) is 19.0. The van der Waals surface area contributed by atoms with E-state index in [2.05, 4.69) is 10.2 Å². The monoisotopic (exact) mass is 370 g/mol. The molecule has 0 amide bonds. The van der Waals surface area contributed by atoms with Gasteiger partial charge in [0.25, 0.3) is 0 Å². The molecule has 0 radical (unpaired) electrons. The zero-order valence-corrected chi connectivity index (χ0v) is 15.7. The van der Waals surface area contributed by atoms with Gasteiger partial charge in [0.1, 0.15) is 5.75 Å². The first kappa shape index (κ1) is 19.9. The van der Waals surface area contributed by atoms with Gasteiger partial charge in [0.2, 0.25) is 0 Å². The Labute approximate surface area is 149 Å². The lowest BCUT2D eigenvalue weighted by Crippen LogP contribution is -2.44. The summed E-state index contributed by atoms with van der Waals surface area (Å²) < 4.78 is 29.4. The molecule has 2 atom stereocenters. The van der Waals surface area contributed by atoms with E-state index in [1.54, 1.807) is 31.2 Å². The summed E-state index contributed by atoms with van der Waals surface area (Å²) in [6, 6.07) is 8.88. The third-order valence-electron chi connectivity index (χ3n) is 3.82. The Morgan fingerprint density at radius 3 is 2.60 bits per heavy atom. The lowest BCUT2D eigenvalue weighted by Gasteiger charge is -2.29. The topological polar surface area (TPSA) is 77.1 Å². The number of hydrogen-bond donors (Lipinski definition) is 1. The molecule has 8 heteroatoms. The van der Waals surface area contributed by atoms with Crippen molar-refractivity contribution >= 4 is 13.6 Å². The SMILES string of the molecule is CCOC(=O)[C@H](C)OP(=O)(CCN1CCNCC1)Oc1ccccc1. The van der Waals surface area contributed by atoms with Crippen LogP contribution in [-0.4, -0.2) is 62.5 Å². The Balaban J connectivity index is 2.03. The molecular formula is C17H27N2O5P. The van der Waals surface area contributed by atoms with Gasteiger partial charge < -0.3 is 19.5 Å². The van der Waals surface area contributed by atoms with Crippen LogP contribution in [0.1, 0.15) is 13.8 Å². The lowest BCUT2D eigenvalue weighted by atomic mass is 10.3. The van der Waals surface area contributed by atoms with E-state index in [0.29, 0.717) is 12.3 Å². The quantitative estimate of drug-likeness (QED) is 0.527. The van der Waals surface area contributed by atoms with Gasteiger partial charge in [0.15, 0.2) is 6.10 Å². The molecule has 1 unspecified atom stereocenters. The van der Waals surface area contributed by atoms with Crippen LogP contribution < -0.4 is 9.84 Å². The van der Waals surface area contributed by atoms with E-state index >= 15 is 0 Å². The van der Waals surface area contributed by atoms with Crippen LogP contribution in [0.3, 0.4) is 0 Å². The number of carbonyl (C=O) groups excluding carboxylic acids is 1. The minimum atomic E-state index is -3.50. The van der Waals surface area contributed by atoms with Gasteiger partial charge in [0.05, 0.1) is 12.8 Å². The average molecular weight is 370 g/mol. The summed E-state index contributed by atoms with van der Waals surface area (Å²) >= 11 is 0. The maximum atomic E-state index is 13.2. The van der Waals surface area contributed by atoms with Crippen molar-refractivity contribution in [3.05, 3.63) is 30.3 Å². The summed E-state index contributed by atoms with van der Waals surface area (Å²) in [4.78, 5) is 14.0. The molecule has 2 rings (SSSR count). The Hall–Kier alpha value is -1.40. The van der Waals surface area contributed by atoms with Crippen molar-refractivity contribution in [3.63, 3.8) is 0 Å². The second-order valence-electron chi connectivity index (χ2n) is 5.83. The van der Waals surface area contributed by atoms with Crippen LogP contribution in [0.4, 0.5) is 0 Å². The zero-order valence-electron chi connectivity index (χ0n) is 14.8. The second kappa shape index (κ2) is 9.92. The van der Waals surface area contributed by atoms with E-state index in [1.807, 2.05) is 6.07 Å². The number of nitrogens with zero attached hydrogens (tertiary/aromatic N) is 1. The summed E-state index contributed by atoms with van der Waals surface area (Å²) in [5, 5.41) is 3.28. The molecule has 0 aromatic heterocycles. The number of carbonyl (C=O) groups is 1. The number of esters is 1. The summed E-state index contributed by atoms with van der Waals surface area (Å²) in [5.41, 5.74) is 0. The lowest BCUT2D eigenvalue weighted by molar-refractivity contribution is -0.150. The molecule has 0 bridgehead atoms. The number of piperazine rings is 1. The highest BCUT2D eigenvalue weighted by atomic mass is 31.2. The molecule has 1 saturated heterocycles. The van der Waals surface area contributed by atoms with Gasteiger partial charge in [-0.3, -0.25) is 4.52 Å². The third-order valence-corrected chi connectivity index (χ3v) is 5.70. The molecule has 7 nitrogen and oxygen atoms in total. The van der Waals surface area contributed by atoms with Crippen molar-refractivity contribution < 1.29 is 23.1 Å². The third kappa shape index (κ3) is 6.78. The van der Waals surface area contributed by atoms with Gasteiger partial charge >= 0.3 is 13.6 Å². The Morgan fingerprint density at radius 1 is 1.28 bits per heavy atom. The van der Waals surface area contributed by atoms with E-state index in [4.69, 9.17) is 13.8 Å². The molecule has 25 heavy (non-hydrogen) atoms. The summed E-state index contributed by atoms with van der Waals surface area (Å²) in [6.45, 7) is 7.67. The van der Waals surface area contributed by atoms with Gasteiger partial charge in [-0.05, 0) is 26.0 Å². The Kier molecular flexibility index (Phi) is 7.90. The van der Waals surface area contributed by atoms with Crippen molar-refractivity contribution in [1.29, 1.82) is 0 Å². The number of nitrogens with one attached hydrogen (secondary N) is 1. The van der Waals surface area contributed by atoms with Crippen molar-refractivity contribution in [2.24, 2.45) is 0 Å². The number of benzene rings is 1. The molecule has 1 heterocycles. The van der Waals surface area contributed by atoms with Gasteiger partial charge in [0, 0.05) is 32.7 Å². The van der Waals surface area contributed by atoms with E-state index in [9.17, 15) is 9.36 Å². The van der Waals surface area contributed by atoms with E-state index in [-0.39, 0.29) is 12.8 Å². The molecule has 1 aliphatic rings. The van der Waals surface area contributed by atoms with Crippen LogP contribution in [0, 0.1) is 0 Å². The standard InChI is InChI=1S/C17H27N2O5P/c1-3-22-17(20)15(2)23-25(21,24-16-7-5-4-6-8-16)14-13-19-11-9-18-10-12-19/h4-8,15,18H,3,9-14H2,1-2H3/t15-,25?/m0/s1. The second-order valence-corrected chi connectivity index (χ2v) is 7.89. The highest BCUT2D eigenvalue weighted by molar-refractivity contribution is 7.54. The van der Waals surface area contributed by atoms with Gasteiger partial charge in [-0.1, -0.05) is 18.2 Å². The minimum absolute atomic E-state index is 0.214. The smallest absolute Gasteiger partial charge is 0.381 e. The highest BCUT2D eigenvalue weighted by Gasteiger charge is 2.33. The molecular weight excluding hydrogens is 343 g/mol. The number of ether oxygens (including phenoxy) is 1. The van der Waals surface area contributed by atoms with Crippen molar-refractivity contribution in [3.8, 4) is 5.75 Å². The number of hydrogen-bond acceptors (Lipinski definition) is 7. The highest BCUT2D eigenvalue weighted by Crippen LogP contribution is 2.49. The fourth-order valence-corrected chi connectivity index (χ4v) is 4.28. The first-order valence-corrected chi connectivity index (χ1v) is 10.4. The molecule has 0 saturated carbocycles. The molecule has 0 aliphatic carbocycles. The molecule has 0 spiro atoms. The fraction of sp³-hybridized carbons (Fsp3) is 0.588. The Bertz CT molecular complexity index is 578. The van der Waals surface area contributed by atoms with Crippen molar-refractivity contribution in [2.45, 2.75) is 20.0 Å². The van der Waals surface area contributed by atoms with Crippen LogP contribution >= 0.6 is 7.60 Å². The maximum absolute atomic E-state index is 13.2. The van der Waals surface area contributed by atoms with Gasteiger partial charge in [-0.2, -0.15) is 0 Å². The molecule has 1 fully saturated rings.